The third-order valence-electron chi connectivity index (χ3n) is 5.12. The Labute approximate surface area is 182 Å². The predicted octanol–water partition coefficient (Wildman–Crippen LogP) is 3.63. The summed E-state index contributed by atoms with van der Waals surface area (Å²) in [6.45, 7) is 12.2. The van der Waals surface area contributed by atoms with Crippen molar-refractivity contribution < 1.29 is 4.74 Å². The zero-order valence-electron chi connectivity index (χ0n) is 17.3. The lowest BCUT2D eigenvalue weighted by atomic mass is 10.0. The van der Waals surface area contributed by atoms with Gasteiger partial charge in [-0.15, -0.1) is 24.0 Å². The van der Waals surface area contributed by atoms with Gasteiger partial charge in [0, 0.05) is 39.8 Å². The van der Waals surface area contributed by atoms with E-state index in [4.69, 9.17) is 4.74 Å². The van der Waals surface area contributed by atoms with Gasteiger partial charge >= 0.3 is 0 Å². The van der Waals surface area contributed by atoms with Gasteiger partial charge in [0.25, 0.3) is 0 Å². The maximum absolute atomic E-state index is 5.63. The first-order chi connectivity index (χ1) is 12.6. The van der Waals surface area contributed by atoms with E-state index in [1.807, 2.05) is 7.05 Å². The van der Waals surface area contributed by atoms with Crippen LogP contribution in [0.4, 0.5) is 0 Å². The van der Waals surface area contributed by atoms with Crippen molar-refractivity contribution in [2.45, 2.75) is 52.8 Å². The fourth-order valence-electron chi connectivity index (χ4n) is 3.36. The second kappa shape index (κ2) is 13.3. The molecular formula is C21H37IN4O. The van der Waals surface area contributed by atoms with Crippen LogP contribution in [0, 0.1) is 5.92 Å². The molecule has 6 heteroatoms. The summed E-state index contributed by atoms with van der Waals surface area (Å²) >= 11 is 0. The third kappa shape index (κ3) is 8.79. The molecule has 1 fully saturated rings. The number of ether oxygens (including phenoxy) is 1. The van der Waals surface area contributed by atoms with Gasteiger partial charge in [0.05, 0.1) is 12.7 Å². The van der Waals surface area contributed by atoms with Crippen LogP contribution in [-0.2, 0) is 17.8 Å². The Morgan fingerprint density at radius 2 is 2.00 bits per heavy atom. The van der Waals surface area contributed by atoms with Crippen molar-refractivity contribution in [3.05, 3.63) is 35.4 Å². The van der Waals surface area contributed by atoms with Crippen LogP contribution in [0.15, 0.2) is 29.3 Å². The number of rotatable bonds is 8. The van der Waals surface area contributed by atoms with E-state index in [0.717, 1.165) is 45.3 Å². The highest BCUT2D eigenvalue weighted by atomic mass is 127. The van der Waals surface area contributed by atoms with E-state index in [2.05, 4.69) is 65.6 Å². The number of morpholine rings is 1. The minimum atomic E-state index is 0. The first kappa shape index (κ1) is 24.2. The fourth-order valence-corrected chi connectivity index (χ4v) is 3.36. The molecule has 1 atom stereocenters. The predicted molar refractivity (Wildman–Crippen MR) is 125 cm³/mol. The van der Waals surface area contributed by atoms with Crippen LogP contribution in [0.2, 0.25) is 0 Å². The summed E-state index contributed by atoms with van der Waals surface area (Å²) in [4.78, 5) is 6.81. The molecule has 1 aromatic rings. The van der Waals surface area contributed by atoms with Crippen LogP contribution in [-0.4, -0.2) is 50.3 Å². The minimum absolute atomic E-state index is 0. The Balaban J connectivity index is 0.00000364. The molecule has 2 N–H and O–H groups in total. The highest BCUT2D eigenvalue weighted by Crippen LogP contribution is 2.12. The number of benzene rings is 1. The molecule has 1 aliphatic heterocycles. The van der Waals surface area contributed by atoms with E-state index in [-0.39, 0.29) is 24.0 Å². The van der Waals surface area contributed by atoms with E-state index < -0.39 is 0 Å². The molecule has 1 aromatic carbocycles. The molecule has 154 valence electrons. The van der Waals surface area contributed by atoms with Crippen LogP contribution < -0.4 is 10.6 Å². The molecule has 5 nitrogen and oxygen atoms in total. The molecule has 1 aliphatic rings. The Morgan fingerprint density at radius 3 is 2.67 bits per heavy atom. The number of nitrogens with one attached hydrogen (secondary N) is 2. The van der Waals surface area contributed by atoms with Crippen molar-refractivity contribution in [1.29, 1.82) is 0 Å². The standard InChI is InChI=1S/C21H36N4O.HI/c1-5-18(6-2)13-23-21(22-4)24-14-19-8-7-9-20(12-19)16-25-10-11-26-17(3)15-25;/h7-9,12,17-18H,5-6,10-11,13-16H2,1-4H3,(H2,22,23,24);1H. The zero-order valence-corrected chi connectivity index (χ0v) is 19.7. The lowest BCUT2D eigenvalue weighted by molar-refractivity contribution is -0.0212. The average molecular weight is 488 g/mol. The third-order valence-corrected chi connectivity index (χ3v) is 5.12. The molecule has 0 saturated carbocycles. The molecule has 1 saturated heterocycles. The van der Waals surface area contributed by atoms with Gasteiger partial charge in [0.1, 0.15) is 0 Å². The van der Waals surface area contributed by atoms with Gasteiger partial charge in [-0.1, -0.05) is 51.0 Å². The van der Waals surface area contributed by atoms with E-state index in [9.17, 15) is 0 Å². The van der Waals surface area contributed by atoms with E-state index in [0.29, 0.717) is 12.0 Å². The fraction of sp³-hybridized carbons (Fsp3) is 0.667. The van der Waals surface area contributed by atoms with Crippen LogP contribution >= 0.6 is 24.0 Å². The summed E-state index contributed by atoms with van der Waals surface area (Å²) in [6, 6.07) is 8.83. The van der Waals surface area contributed by atoms with Crippen molar-refractivity contribution in [3.8, 4) is 0 Å². The van der Waals surface area contributed by atoms with Crippen molar-refractivity contribution in [2.75, 3.05) is 33.3 Å². The normalized spacial score (nSPS) is 18.3. The van der Waals surface area contributed by atoms with Crippen molar-refractivity contribution in [1.82, 2.24) is 15.5 Å². The zero-order chi connectivity index (χ0) is 18.8. The monoisotopic (exact) mass is 488 g/mol. The van der Waals surface area contributed by atoms with Crippen LogP contribution in [0.5, 0.6) is 0 Å². The number of aliphatic imine (C=N–C) groups is 1. The van der Waals surface area contributed by atoms with E-state index in [1.54, 1.807) is 0 Å². The second-order valence-electron chi connectivity index (χ2n) is 7.23. The minimum Gasteiger partial charge on any atom is -0.376 e. The Hall–Kier alpha value is -0.860. The molecule has 0 spiro atoms. The second-order valence-corrected chi connectivity index (χ2v) is 7.23. The molecule has 1 heterocycles. The van der Waals surface area contributed by atoms with Crippen LogP contribution in [0.1, 0.15) is 44.7 Å². The van der Waals surface area contributed by atoms with E-state index >= 15 is 0 Å². The number of guanidine groups is 1. The Kier molecular flexibility index (Phi) is 11.9. The van der Waals surface area contributed by atoms with Gasteiger partial charge in [-0.2, -0.15) is 0 Å². The van der Waals surface area contributed by atoms with Crippen molar-refractivity contribution in [2.24, 2.45) is 10.9 Å². The molecule has 0 aliphatic carbocycles. The quantitative estimate of drug-likeness (QED) is 0.334. The lowest BCUT2D eigenvalue weighted by Gasteiger charge is -2.31. The number of hydrogen-bond acceptors (Lipinski definition) is 3. The van der Waals surface area contributed by atoms with Gasteiger partial charge in [-0.25, -0.2) is 0 Å². The Bertz CT molecular complexity index is 563. The molecule has 0 amide bonds. The molecule has 0 bridgehead atoms. The summed E-state index contributed by atoms with van der Waals surface area (Å²) in [6.07, 6.45) is 2.73. The molecule has 2 rings (SSSR count). The molecule has 0 aromatic heterocycles. The molecular weight excluding hydrogens is 451 g/mol. The SMILES string of the molecule is CCC(CC)CNC(=NC)NCc1cccc(CN2CCOC(C)C2)c1.I. The molecule has 1 unspecified atom stereocenters. The number of halogens is 1. The van der Waals surface area contributed by atoms with Gasteiger partial charge in [-0.05, 0) is 24.0 Å². The summed E-state index contributed by atoms with van der Waals surface area (Å²) < 4.78 is 5.63. The summed E-state index contributed by atoms with van der Waals surface area (Å²) in [5.74, 6) is 1.58. The summed E-state index contributed by atoms with van der Waals surface area (Å²) in [5.41, 5.74) is 2.65. The average Bonchev–Trinajstić information content (AvgIpc) is 2.65. The molecule has 27 heavy (non-hydrogen) atoms. The van der Waals surface area contributed by atoms with Crippen molar-refractivity contribution >= 4 is 29.9 Å². The first-order valence-corrected chi connectivity index (χ1v) is 10.0. The van der Waals surface area contributed by atoms with E-state index in [1.165, 1.54) is 24.0 Å². The maximum Gasteiger partial charge on any atom is 0.191 e. The smallest absolute Gasteiger partial charge is 0.191 e. The van der Waals surface area contributed by atoms with Gasteiger partial charge < -0.3 is 15.4 Å². The van der Waals surface area contributed by atoms with Gasteiger partial charge in [0.2, 0.25) is 0 Å². The van der Waals surface area contributed by atoms with Gasteiger partial charge in [0.15, 0.2) is 5.96 Å². The highest BCUT2D eigenvalue weighted by molar-refractivity contribution is 14.0. The first-order valence-electron chi connectivity index (χ1n) is 10.0. The topological polar surface area (TPSA) is 48.9 Å². The maximum atomic E-state index is 5.63. The number of hydrogen-bond donors (Lipinski definition) is 2. The van der Waals surface area contributed by atoms with Gasteiger partial charge in [-0.3, -0.25) is 9.89 Å². The molecule has 0 radical (unpaired) electrons. The largest absolute Gasteiger partial charge is 0.376 e. The van der Waals surface area contributed by atoms with Crippen molar-refractivity contribution in [3.63, 3.8) is 0 Å². The number of nitrogens with zero attached hydrogens (tertiary/aromatic N) is 2. The summed E-state index contributed by atoms with van der Waals surface area (Å²) in [7, 11) is 1.83. The highest BCUT2D eigenvalue weighted by Gasteiger charge is 2.16. The lowest BCUT2D eigenvalue weighted by Crippen LogP contribution is -2.40. The summed E-state index contributed by atoms with van der Waals surface area (Å²) in [5, 5.41) is 6.88. The Morgan fingerprint density at radius 1 is 1.26 bits per heavy atom. The van der Waals surface area contributed by atoms with Crippen LogP contribution in [0.25, 0.3) is 0 Å². The van der Waals surface area contributed by atoms with Crippen LogP contribution in [0.3, 0.4) is 0 Å².